The van der Waals surface area contributed by atoms with E-state index in [1.165, 1.54) is 20.8 Å². The van der Waals surface area contributed by atoms with Crippen molar-refractivity contribution >= 4 is 0 Å². The molecule has 0 nitrogen and oxygen atoms in total. The van der Waals surface area contributed by atoms with Crippen molar-refractivity contribution in [2.75, 3.05) is 0 Å². The summed E-state index contributed by atoms with van der Waals surface area (Å²) in [7, 11) is 0. The minimum atomic E-state index is -4.06. The van der Waals surface area contributed by atoms with Crippen molar-refractivity contribution in [1.29, 1.82) is 0 Å². The van der Waals surface area contributed by atoms with E-state index in [1.807, 2.05) is 20.8 Å². The number of hydrogen-bond acceptors (Lipinski definition) is 0. The summed E-state index contributed by atoms with van der Waals surface area (Å²) in [5.74, 6) is 0.583. The molecule has 0 amide bonds. The molecule has 0 heterocycles. The van der Waals surface area contributed by atoms with Crippen LogP contribution in [0.2, 0.25) is 0 Å². The molecule has 0 saturated carbocycles. The summed E-state index contributed by atoms with van der Waals surface area (Å²) in [6.45, 7) is 28.8. The summed E-state index contributed by atoms with van der Waals surface area (Å²) < 4.78 is 64.7. The molecule has 5 heteroatoms. The van der Waals surface area contributed by atoms with E-state index in [4.69, 9.17) is 1.37 Å². The molecular weight excluding hydrogens is 371 g/mol. The van der Waals surface area contributed by atoms with Gasteiger partial charge in [0.15, 0.2) is 0 Å². The number of rotatable bonds is 0. The quantitative estimate of drug-likeness (QED) is 0.340. The molecule has 0 rings (SSSR count). The summed E-state index contributed by atoms with van der Waals surface area (Å²) in [5.41, 5.74) is -1.90. The molecule has 0 unspecified atom stereocenters. The van der Waals surface area contributed by atoms with E-state index in [0.29, 0.717) is 5.41 Å². The Kier molecular flexibility index (Phi) is 20.6. The number of hydrogen-bond donors (Lipinski definition) is 0. The third-order valence-corrected chi connectivity index (χ3v) is 1.51. The summed E-state index contributed by atoms with van der Waals surface area (Å²) in [5, 5.41) is 0. The van der Waals surface area contributed by atoms with Crippen molar-refractivity contribution < 1.29 is 23.3 Å². The van der Waals surface area contributed by atoms with Crippen molar-refractivity contribution in [1.82, 2.24) is 0 Å². The van der Waals surface area contributed by atoms with Gasteiger partial charge < -0.3 is 0 Å². The van der Waals surface area contributed by atoms with Crippen LogP contribution in [0.1, 0.15) is 112 Å². The zero-order valence-corrected chi connectivity index (χ0v) is 21.5. The molecule has 0 saturated heterocycles. The maximum absolute atomic E-state index is 11.6. The molecule has 0 aromatic rings. The fourth-order valence-corrected chi connectivity index (χ4v) is 0. The van der Waals surface area contributed by atoms with Gasteiger partial charge >= 0.3 is 6.18 Å². The van der Waals surface area contributed by atoms with E-state index in [-0.39, 0.29) is 5.89 Å². The Morgan fingerprint density at radius 2 is 0.679 bits per heavy atom. The molecule has 0 N–H and O–H groups in total. The molecule has 0 atom stereocenters. The Hall–Kier alpha value is -0.350. The van der Waals surface area contributed by atoms with Gasteiger partial charge in [0.2, 0.25) is 6.43 Å². The zero-order chi connectivity index (χ0) is 25.7. The molecule has 0 aliphatic carbocycles. The second-order valence-electron chi connectivity index (χ2n) is 11.6. The van der Waals surface area contributed by atoms with Gasteiger partial charge in [0.05, 0.1) is 5.41 Å². The van der Waals surface area contributed by atoms with Crippen LogP contribution in [0.3, 0.4) is 0 Å². The third-order valence-electron chi connectivity index (χ3n) is 1.51. The Balaban J connectivity index is -0.0000000848. The minimum Gasteiger partial charge on any atom is -0.210 e. The number of halogens is 5. The SMILES string of the molecule is CC(C)(C)C.CC(C)(C)C(F)(F)F.CC(C)(C)C(F)F.CC(C)C.[2H]C(C)(C)C. The maximum atomic E-state index is 11.6. The molecule has 28 heavy (non-hydrogen) atoms. The summed E-state index contributed by atoms with van der Waals surface area (Å²) in [4.78, 5) is 0. The molecule has 0 radical (unpaired) electrons. The van der Waals surface area contributed by atoms with Crippen LogP contribution in [0.5, 0.6) is 0 Å². The van der Waals surface area contributed by atoms with Crippen LogP contribution in [0.4, 0.5) is 22.0 Å². The first kappa shape index (κ1) is 35.1. The Bertz CT molecular complexity index is 307. The Labute approximate surface area is 175 Å². The highest BCUT2D eigenvalue weighted by Gasteiger charge is 2.42. The Morgan fingerprint density at radius 3 is 0.679 bits per heavy atom. The van der Waals surface area contributed by atoms with Gasteiger partial charge in [-0.05, 0) is 17.2 Å². The van der Waals surface area contributed by atoms with Crippen molar-refractivity contribution in [3.8, 4) is 0 Å². The number of alkyl halides is 5. The highest BCUT2D eigenvalue weighted by atomic mass is 19.4. The van der Waals surface area contributed by atoms with Gasteiger partial charge in [-0.25, -0.2) is 8.78 Å². The van der Waals surface area contributed by atoms with Crippen LogP contribution in [0.25, 0.3) is 0 Å². The van der Waals surface area contributed by atoms with Gasteiger partial charge in [-0.2, -0.15) is 13.2 Å². The normalized spacial score (nSPS) is 12.9. The van der Waals surface area contributed by atoms with E-state index >= 15 is 0 Å². The van der Waals surface area contributed by atoms with Gasteiger partial charge in [0.1, 0.15) is 0 Å². The lowest BCUT2D eigenvalue weighted by Crippen LogP contribution is -2.28. The molecule has 178 valence electrons. The molecule has 0 bridgehead atoms. The standard InChI is InChI=1S/C5H9F3.C5H10F2.C5H12.2C4H10/c1-4(2,3)5(6,7)8;1-5(2,3)4(6)7;1-5(2,3)4;2*1-4(2)3/h1-3H3;4H,1-3H3;1-4H3;2*4H,1-3H3/i;;;4D;. The second kappa shape index (κ2) is 16.4. The Morgan fingerprint density at radius 1 is 0.607 bits per heavy atom. The van der Waals surface area contributed by atoms with E-state index in [0.717, 1.165) is 26.7 Å². The van der Waals surface area contributed by atoms with E-state index in [9.17, 15) is 22.0 Å². The fourth-order valence-electron chi connectivity index (χ4n) is 0. The van der Waals surface area contributed by atoms with Crippen molar-refractivity contribution in [2.24, 2.45) is 28.1 Å². The lowest BCUT2D eigenvalue weighted by atomic mass is 9.96. The van der Waals surface area contributed by atoms with E-state index in [2.05, 4.69) is 48.5 Å². The topological polar surface area (TPSA) is 0 Å². The third kappa shape index (κ3) is 72.6. The maximum Gasteiger partial charge on any atom is 0.393 e. The minimum absolute atomic E-state index is 0.250. The average molecular weight is 424 g/mol. The zero-order valence-electron chi connectivity index (χ0n) is 22.5. The highest BCUT2D eigenvalue weighted by molar-refractivity contribution is 4.70. The van der Waals surface area contributed by atoms with E-state index < -0.39 is 23.4 Å². The first-order valence-electron chi connectivity index (χ1n) is 10.3. The van der Waals surface area contributed by atoms with E-state index in [1.54, 1.807) is 0 Å². The molecule has 0 aromatic carbocycles. The second-order valence-corrected chi connectivity index (χ2v) is 11.6. The first-order valence-corrected chi connectivity index (χ1v) is 9.77. The molecule has 0 aliphatic rings. The largest absolute Gasteiger partial charge is 0.393 e. The van der Waals surface area contributed by atoms with Crippen molar-refractivity contribution in [3.05, 3.63) is 0 Å². The van der Waals surface area contributed by atoms with Crippen molar-refractivity contribution in [2.45, 2.75) is 123 Å². The average Bonchev–Trinajstić information content (AvgIpc) is 2.18. The highest BCUT2D eigenvalue weighted by Crippen LogP contribution is 2.36. The van der Waals surface area contributed by atoms with Gasteiger partial charge in [-0.15, -0.1) is 0 Å². The van der Waals surface area contributed by atoms with Crippen LogP contribution < -0.4 is 0 Å². The fraction of sp³-hybridized carbons (Fsp3) is 1.00. The van der Waals surface area contributed by atoms with Gasteiger partial charge in [0.25, 0.3) is 0 Å². The van der Waals surface area contributed by atoms with Crippen LogP contribution >= 0.6 is 0 Å². The molecular formula is C23H51F5. The lowest BCUT2D eigenvalue weighted by Gasteiger charge is -2.21. The predicted octanol–water partition coefficient (Wildman–Crippen LogP) is 10.3. The summed E-state index contributed by atoms with van der Waals surface area (Å²) >= 11 is 0. The lowest BCUT2D eigenvalue weighted by molar-refractivity contribution is -0.204. The van der Waals surface area contributed by atoms with Crippen LogP contribution in [-0.2, 0) is 0 Å². The van der Waals surface area contributed by atoms with Crippen LogP contribution in [0.15, 0.2) is 0 Å². The summed E-state index contributed by atoms with van der Waals surface area (Å²) in [6.07, 6.45) is -6.26. The van der Waals surface area contributed by atoms with Crippen LogP contribution in [-0.4, -0.2) is 12.6 Å². The van der Waals surface area contributed by atoms with Crippen LogP contribution in [0, 0.1) is 28.1 Å². The molecule has 0 aliphatic heterocycles. The van der Waals surface area contributed by atoms with Gasteiger partial charge in [0, 0.05) is 6.79 Å². The first-order chi connectivity index (χ1) is 11.9. The predicted molar refractivity (Wildman–Crippen MR) is 117 cm³/mol. The van der Waals surface area contributed by atoms with Gasteiger partial charge in [-0.1, -0.05) is 111 Å². The molecule has 0 spiro atoms. The van der Waals surface area contributed by atoms with Gasteiger partial charge in [-0.3, -0.25) is 0 Å². The smallest absolute Gasteiger partial charge is 0.210 e. The van der Waals surface area contributed by atoms with Crippen molar-refractivity contribution in [3.63, 3.8) is 0 Å². The monoisotopic (exact) mass is 423 g/mol. The summed E-state index contributed by atoms with van der Waals surface area (Å²) in [6, 6.07) is 0. The molecule has 0 aromatic heterocycles. The molecule has 0 fully saturated rings.